The number of aliphatic carboxylic acids is 1. The molecule has 3 atom stereocenters. The third-order valence-corrected chi connectivity index (χ3v) is 4.04. The maximum absolute atomic E-state index is 11.4. The fraction of sp³-hybridized carbons (Fsp3) is 0.467. The summed E-state index contributed by atoms with van der Waals surface area (Å²) >= 11 is 0. The molecular weight excluding hydrogens is 258 g/mol. The number of ether oxygens (including phenoxy) is 1. The molecule has 0 saturated heterocycles. The second-order valence-electron chi connectivity index (χ2n) is 5.51. The molecule has 20 heavy (non-hydrogen) atoms. The number of carbonyl (C=O) groups is 1. The van der Waals surface area contributed by atoms with E-state index >= 15 is 0 Å². The molecule has 0 spiro atoms. The Bertz CT molecular complexity index is 648. The Balaban J connectivity index is 1.99. The predicted molar refractivity (Wildman–Crippen MR) is 72.8 cm³/mol. The van der Waals surface area contributed by atoms with Crippen LogP contribution in [0.2, 0.25) is 0 Å². The molecule has 1 saturated carbocycles. The van der Waals surface area contributed by atoms with Crippen molar-refractivity contribution in [1.82, 2.24) is 4.98 Å². The lowest BCUT2D eigenvalue weighted by atomic mass is 9.96. The van der Waals surface area contributed by atoms with Crippen LogP contribution < -0.4 is 4.74 Å². The molecule has 1 aliphatic rings. The highest BCUT2D eigenvalue weighted by atomic mass is 16.5. The lowest BCUT2D eigenvalue weighted by Gasteiger charge is -2.10. The van der Waals surface area contributed by atoms with E-state index in [1.165, 1.54) is 0 Å². The Morgan fingerprint density at radius 2 is 2.25 bits per heavy atom. The number of methoxy groups -OCH3 is 1. The number of oxazole rings is 1. The van der Waals surface area contributed by atoms with E-state index in [0.29, 0.717) is 29.6 Å². The van der Waals surface area contributed by atoms with Crippen molar-refractivity contribution < 1.29 is 19.1 Å². The number of fused-ring (bicyclic) bond motifs is 1. The van der Waals surface area contributed by atoms with Crippen LogP contribution >= 0.6 is 0 Å². The van der Waals surface area contributed by atoms with E-state index in [1.807, 2.05) is 12.1 Å². The van der Waals surface area contributed by atoms with Gasteiger partial charge in [-0.05, 0) is 30.9 Å². The average molecular weight is 275 g/mol. The van der Waals surface area contributed by atoms with Crippen molar-refractivity contribution in [3.63, 3.8) is 0 Å². The van der Waals surface area contributed by atoms with Crippen molar-refractivity contribution in [3.05, 3.63) is 24.1 Å². The molecule has 5 nitrogen and oxygen atoms in total. The quantitative estimate of drug-likeness (QED) is 0.932. The second-order valence-corrected chi connectivity index (χ2v) is 5.51. The van der Waals surface area contributed by atoms with E-state index in [9.17, 15) is 9.90 Å². The van der Waals surface area contributed by atoms with Crippen molar-refractivity contribution in [1.29, 1.82) is 0 Å². The Hall–Kier alpha value is -2.04. The Labute approximate surface area is 116 Å². The van der Waals surface area contributed by atoms with Crippen LogP contribution in [0.25, 0.3) is 11.1 Å². The van der Waals surface area contributed by atoms with Gasteiger partial charge in [-0.25, -0.2) is 4.98 Å². The molecule has 106 valence electrons. The van der Waals surface area contributed by atoms with Crippen LogP contribution in [0.5, 0.6) is 5.75 Å². The third kappa shape index (κ3) is 2.13. The second kappa shape index (κ2) is 4.81. The van der Waals surface area contributed by atoms with Gasteiger partial charge < -0.3 is 14.3 Å². The summed E-state index contributed by atoms with van der Waals surface area (Å²) in [5, 5.41) is 9.33. The summed E-state index contributed by atoms with van der Waals surface area (Å²) in [6.07, 6.45) is 1.49. The molecule has 1 aromatic carbocycles. The molecule has 2 aromatic rings. The number of aromatic nitrogens is 1. The Kier molecular flexibility index (Phi) is 3.12. The zero-order valence-corrected chi connectivity index (χ0v) is 11.5. The summed E-state index contributed by atoms with van der Waals surface area (Å²) in [6.45, 7) is 2.07. The summed E-state index contributed by atoms with van der Waals surface area (Å²) in [4.78, 5) is 15.8. The zero-order valence-electron chi connectivity index (χ0n) is 11.5. The molecule has 1 fully saturated rings. The van der Waals surface area contributed by atoms with E-state index < -0.39 is 11.9 Å². The molecule has 0 radical (unpaired) electrons. The lowest BCUT2D eigenvalue weighted by molar-refractivity contribution is -0.142. The van der Waals surface area contributed by atoms with Crippen molar-refractivity contribution in [2.24, 2.45) is 11.8 Å². The Morgan fingerprint density at radius 1 is 1.45 bits per heavy atom. The smallest absolute Gasteiger partial charge is 0.307 e. The van der Waals surface area contributed by atoms with Crippen LogP contribution in [0.1, 0.15) is 31.6 Å². The van der Waals surface area contributed by atoms with Crippen LogP contribution in [0.3, 0.4) is 0 Å². The average Bonchev–Trinajstić information content (AvgIpc) is 3.00. The number of rotatable bonds is 3. The number of hydrogen-bond donors (Lipinski definition) is 1. The van der Waals surface area contributed by atoms with Crippen molar-refractivity contribution in [2.75, 3.05) is 7.11 Å². The van der Waals surface area contributed by atoms with Crippen LogP contribution in [0, 0.1) is 11.8 Å². The fourth-order valence-corrected chi connectivity index (χ4v) is 3.05. The number of carboxylic acid groups (broad SMARTS) is 1. The van der Waals surface area contributed by atoms with Gasteiger partial charge in [-0.15, -0.1) is 0 Å². The maximum Gasteiger partial charge on any atom is 0.307 e. The van der Waals surface area contributed by atoms with Gasteiger partial charge in [-0.1, -0.05) is 6.92 Å². The minimum Gasteiger partial charge on any atom is -0.497 e. The highest BCUT2D eigenvalue weighted by molar-refractivity contribution is 5.75. The van der Waals surface area contributed by atoms with Crippen molar-refractivity contribution in [3.8, 4) is 5.75 Å². The van der Waals surface area contributed by atoms with Gasteiger partial charge in [0.05, 0.1) is 13.0 Å². The molecule has 1 heterocycles. The van der Waals surface area contributed by atoms with Crippen molar-refractivity contribution >= 4 is 17.1 Å². The molecule has 0 amide bonds. The van der Waals surface area contributed by atoms with Gasteiger partial charge in [0.25, 0.3) is 0 Å². The number of nitrogens with zero attached hydrogens (tertiary/aromatic N) is 1. The first-order valence-corrected chi connectivity index (χ1v) is 6.75. The maximum atomic E-state index is 11.4. The summed E-state index contributed by atoms with van der Waals surface area (Å²) in [5.41, 5.74) is 1.38. The summed E-state index contributed by atoms with van der Waals surface area (Å²) < 4.78 is 10.9. The van der Waals surface area contributed by atoms with Gasteiger partial charge in [0.1, 0.15) is 11.3 Å². The molecular formula is C15H17NO4. The molecule has 3 unspecified atom stereocenters. The molecule has 3 rings (SSSR count). The van der Waals surface area contributed by atoms with Gasteiger partial charge in [0, 0.05) is 12.0 Å². The number of hydrogen-bond acceptors (Lipinski definition) is 4. The highest BCUT2D eigenvalue weighted by Gasteiger charge is 2.40. The van der Waals surface area contributed by atoms with Gasteiger partial charge in [0.2, 0.25) is 0 Å². The lowest BCUT2D eigenvalue weighted by Crippen LogP contribution is -2.17. The normalized spacial score (nSPS) is 26.0. The van der Waals surface area contributed by atoms with Gasteiger partial charge in [-0.2, -0.15) is 0 Å². The van der Waals surface area contributed by atoms with E-state index in [-0.39, 0.29) is 5.92 Å². The molecule has 1 aliphatic carbocycles. The van der Waals surface area contributed by atoms with Gasteiger partial charge >= 0.3 is 5.97 Å². The van der Waals surface area contributed by atoms with E-state index in [4.69, 9.17) is 9.15 Å². The fourth-order valence-electron chi connectivity index (χ4n) is 3.05. The van der Waals surface area contributed by atoms with Gasteiger partial charge in [-0.3, -0.25) is 4.79 Å². The molecule has 5 heteroatoms. The molecule has 0 aliphatic heterocycles. The van der Waals surface area contributed by atoms with Crippen LogP contribution in [-0.4, -0.2) is 23.2 Å². The van der Waals surface area contributed by atoms with Crippen LogP contribution in [-0.2, 0) is 4.79 Å². The van der Waals surface area contributed by atoms with Gasteiger partial charge in [0.15, 0.2) is 11.5 Å². The molecule has 1 N–H and O–H groups in total. The Morgan fingerprint density at radius 3 is 2.95 bits per heavy atom. The minimum atomic E-state index is -0.765. The van der Waals surface area contributed by atoms with Crippen LogP contribution in [0.15, 0.2) is 22.6 Å². The molecule has 1 aromatic heterocycles. The number of benzene rings is 1. The predicted octanol–water partition coefficient (Wildman–Crippen LogP) is 3.05. The number of carboxylic acids is 1. The topological polar surface area (TPSA) is 72.6 Å². The standard InChI is InChI=1S/C15H17NO4/c1-8-5-10(11(6-8)15(17)18)14-16-12-4-3-9(19-2)7-13(12)20-14/h3-4,7-8,10-11H,5-6H2,1-2H3,(H,17,18). The third-order valence-electron chi connectivity index (χ3n) is 4.04. The highest BCUT2D eigenvalue weighted by Crippen LogP contribution is 2.43. The minimum absolute atomic E-state index is 0.138. The van der Waals surface area contributed by atoms with E-state index in [0.717, 1.165) is 11.9 Å². The summed E-state index contributed by atoms with van der Waals surface area (Å²) in [6, 6.07) is 5.43. The van der Waals surface area contributed by atoms with E-state index in [2.05, 4.69) is 11.9 Å². The van der Waals surface area contributed by atoms with E-state index in [1.54, 1.807) is 13.2 Å². The zero-order chi connectivity index (χ0) is 14.3. The molecule has 0 bridgehead atoms. The van der Waals surface area contributed by atoms with Crippen LogP contribution in [0.4, 0.5) is 0 Å². The largest absolute Gasteiger partial charge is 0.497 e. The monoisotopic (exact) mass is 275 g/mol. The SMILES string of the molecule is COc1ccc2nc(C3CC(C)CC3C(=O)O)oc2c1. The van der Waals surface area contributed by atoms with Crippen molar-refractivity contribution in [2.45, 2.75) is 25.7 Å². The summed E-state index contributed by atoms with van der Waals surface area (Å²) in [5.74, 6) is 0.311. The first kappa shape index (κ1) is 13.0. The first-order chi connectivity index (χ1) is 9.58. The first-order valence-electron chi connectivity index (χ1n) is 6.75. The summed E-state index contributed by atoms with van der Waals surface area (Å²) in [7, 11) is 1.59.